The molecule has 0 heterocycles. The van der Waals surface area contributed by atoms with E-state index in [-0.39, 0.29) is 5.78 Å². The number of carbonyl (C=O) groups excluding carboxylic acids is 1. The van der Waals surface area contributed by atoms with E-state index in [0.717, 1.165) is 17.5 Å². The van der Waals surface area contributed by atoms with Crippen LogP contribution in [-0.2, 0) is 10.2 Å². The summed E-state index contributed by atoms with van der Waals surface area (Å²) >= 11 is 0. The summed E-state index contributed by atoms with van der Waals surface area (Å²) in [5, 5.41) is 0. The van der Waals surface area contributed by atoms with E-state index in [1.54, 1.807) is 6.08 Å². The molecule has 16 heavy (non-hydrogen) atoms. The third kappa shape index (κ3) is 1.63. The average molecular weight is 212 g/mol. The molecule has 1 aliphatic carbocycles. The Kier molecular flexibility index (Phi) is 2.78. The maximum atomic E-state index is 12.1. The van der Waals surface area contributed by atoms with Crippen molar-refractivity contribution in [2.45, 2.75) is 25.7 Å². The normalized spacial score (nSPS) is 23.8. The van der Waals surface area contributed by atoms with Crippen molar-refractivity contribution in [3.63, 3.8) is 0 Å². The Morgan fingerprint density at radius 3 is 2.75 bits per heavy atom. The van der Waals surface area contributed by atoms with Crippen LogP contribution in [0.1, 0.15) is 31.4 Å². The highest BCUT2D eigenvalue weighted by atomic mass is 16.1. The van der Waals surface area contributed by atoms with Crippen LogP contribution in [0.15, 0.2) is 42.5 Å². The van der Waals surface area contributed by atoms with Gasteiger partial charge in [0.25, 0.3) is 0 Å². The zero-order valence-electron chi connectivity index (χ0n) is 9.73. The molecule has 0 aromatic heterocycles. The third-order valence-electron chi connectivity index (χ3n) is 3.28. The first kappa shape index (κ1) is 10.9. The Bertz CT molecular complexity index is 468. The molecule has 0 N–H and O–H groups in total. The topological polar surface area (TPSA) is 17.1 Å². The third-order valence-corrected chi connectivity index (χ3v) is 3.28. The van der Waals surface area contributed by atoms with Gasteiger partial charge in [0.05, 0.1) is 5.41 Å². The van der Waals surface area contributed by atoms with Gasteiger partial charge in [0, 0.05) is 0 Å². The quantitative estimate of drug-likeness (QED) is 0.686. The van der Waals surface area contributed by atoms with Gasteiger partial charge >= 0.3 is 0 Å². The van der Waals surface area contributed by atoms with Gasteiger partial charge in [-0.2, -0.15) is 0 Å². The maximum Gasteiger partial charge on any atom is 0.166 e. The molecule has 1 nitrogen and oxygen atoms in total. The monoisotopic (exact) mass is 212 g/mol. The molecule has 1 heteroatoms. The van der Waals surface area contributed by atoms with E-state index in [1.165, 1.54) is 0 Å². The lowest BCUT2D eigenvalue weighted by Crippen LogP contribution is -2.33. The van der Waals surface area contributed by atoms with Gasteiger partial charge < -0.3 is 0 Å². The fourth-order valence-corrected chi connectivity index (χ4v) is 2.19. The number of hydrogen-bond acceptors (Lipinski definition) is 1. The van der Waals surface area contributed by atoms with Gasteiger partial charge in [-0.15, -0.1) is 0 Å². The largest absolute Gasteiger partial charge is 0.294 e. The number of allylic oxidation sites excluding steroid dienone is 3. The minimum Gasteiger partial charge on any atom is -0.294 e. The van der Waals surface area contributed by atoms with Gasteiger partial charge in [-0.05, 0) is 37.5 Å². The van der Waals surface area contributed by atoms with Gasteiger partial charge in [-0.3, -0.25) is 4.79 Å². The SMILES string of the molecule is C/C=C\CC1(C)C(=O)C=Cc2ccccc21. The van der Waals surface area contributed by atoms with Crippen LogP contribution in [0.25, 0.3) is 6.08 Å². The molecular formula is C15H16O. The summed E-state index contributed by atoms with van der Waals surface area (Å²) < 4.78 is 0. The van der Waals surface area contributed by atoms with Crippen molar-refractivity contribution in [2.75, 3.05) is 0 Å². The van der Waals surface area contributed by atoms with Gasteiger partial charge in [-0.25, -0.2) is 0 Å². The lowest BCUT2D eigenvalue weighted by molar-refractivity contribution is -0.119. The number of carbonyl (C=O) groups is 1. The second-order valence-electron chi connectivity index (χ2n) is 4.39. The Morgan fingerprint density at radius 2 is 2.00 bits per heavy atom. The molecule has 0 radical (unpaired) electrons. The molecule has 0 saturated heterocycles. The number of ketones is 1. The van der Waals surface area contributed by atoms with Crippen molar-refractivity contribution in [3.8, 4) is 0 Å². The van der Waals surface area contributed by atoms with E-state index in [2.05, 4.69) is 18.2 Å². The van der Waals surface area contributed by atoms with E-state index in [4.69, 9.17) is 0 Å². The molecule has 2 rings (SSSR count). The highest BCUT2D eigenvalue weighted by molar-refractivity contribution is 6.04. The molecular weight excluding hydrogens is 196 g/mol. The predicted octanol–water partition coefficient (Wildman–Crippen LogP) is 3.51. The fourth-order valence-electron chi connectivity index (χ4n) is 2.19. The molecule has 82 valence electrons. The van der Waals surface area contributed by atoms with Crippen LogP contribution in [0.4, 0.5) is 0 Å². The fraction of sp³-hybridized carbons (Fsp3) is 0.267. The van der Waals surface area contributed by atoms with E-state index >= 15 is 0 Å². The summed E-state index contributed by atoms with van der Waals surface area (Å²) in [6.07, 6.45) is 8.44. The maximum absolute atomic E-state index is 12.1. The van der Waals surface area contributed by atoms with Crippen molar-refractivity contribution in [2.24, 2.45) is 0 Å². The van der Waals surface area contributed by atoms with Crippen molar-refractivity contribution >= 4 is 11.9 Å². The summed E-state index contributed by atoms with van der Waals surface area (Å²) in [5.41, 5.74) is 1.91. The van der Waals surface area contributed by atoms with Crippen LogP contribution in [-0.4, -0.2) is 5.78 Å². The molecule has 0 bridgehead atoms. The minimum atomic E-state index is -0.391. The summed E-state index contributed by atoms with van der Waals surface area (Å²) in [6.45, 7) is 4.01. The Morgan fingerprint density at radius 1 is 1.25 bits per heavy atom. The van der Waals surface area contributed by atoms with E-state index in [1.807, 2.05) is 38.1 Å². The predicted molar refractivity (Wildman–Crippen MR) is 67.3 cm³/mol. The van der Waals surface area contributed by atoms with E-state index in [9.17, 15) is 4.79 Å². The van der Waals surface area contributed by atoms with Crippen molar-refractivity contribution in [1.29, 1.82) is 0 Å². The first-order valence-electron chi connectivity index (χ1n) is 5.61. The second-order valence-corrected chi connectivity index (χ2v) is 4.39. The second kappa shape index (κ2) is 4.09. The van der Waals surface area contributed by atoms with Crippen LogP contribution in [0, 0.1) is 0 Å². The molecule has 1 atom stereocenters. The lowest BCUT2D eigenvalue weighted by atomic mass is 9.71. The molecule has 0 fully saturated rings. The Labute approximate surface area is 96.5 Å². The number of rotatable bonds is 2. The molecule has 0 spiro atoms. The summed E-state index contributed by atoms with van der Waals surface area (Å²) in [5.74, 6) is 0.198. The van der Waals surface area contributed by atoms with Crippen LogP contribution in [0.3, 0.4) is 0 Å². The standard InChI is InChI=1S/C15H16O/c1-3-4-11-15(2)13-8-6-5-7-12(13)9-10-14(15)16/h3-10H,11H2,1-2H3/b4-3-. The highest BCUT2D eigenvalue weighted by Gasteiger charge is 2.35. The lowest BCUT2D eigenvalue weighted by Gasteiger charge is -2.30. The van der Waals surface area contributed by atoms with Crippen LogP contribution in [0.5, 0.6) is 0 Å². The van der Waals surface area contributed by atoms with Gasteiger partial charge in [-0.1, -0.05) is 42.5 Å². The van der Waals surface area contributed by atoms with Crippen LogP contribution >= 0.6 is 0 Å². The summed E-state index contributed by atoms with van der Waals surface area (Å²) in [7, 11) is 0. The zero-order chi connectivity index (χ0) is 11.6. The number of hydrogen-bond donors (Lipinski definition) is 0. The summed E-state index contributed by atoms with van der Waals surface area (Å²) in [6, 6.07) is 8.13. The average Bonchev–Trinajstić information content (AvgIpc) is 2.32. The Balaban J connectivity index is 2.52. The molecule has 0 aliphatic heterocycles. The smallest absolute Gasteiger partial charge is 0.166 e. The van der Waals surface area contributed by atoms with Crippen molar-refractivity contribution in [3.05, 3.63) is 53.6 Å². The van der Waals surface area contributed by atoms with Gasteiger partial charge in [0.2, 0.25) is 0 Å². The molecule has 1 aromatic rings. The number of fused-ring (bicyclic) bond motifs is 1. The highest BCUT2D eigenvalue weighted by Crippen LogP contribution is 2.36. The van der Waals surface area contributed by atoms with Crippen LogP contribution in [0.2, 0.25) is 0 Å². The van der Waals surface area contributed by atoms with E-state index < -0.39 is 5.41 Å². The zero-order valence-corrected chi connectivity index (χ0v) is 9.73. The Hall–Kier alpha value is -1.63. The molecule has 1 aromatic carbocycles. The van der Waals surface area contributed by atoms with E-state index in [0.29, 0.717) is 0 Å². The van der Waals surface area contributed by atoms with Crippen molar-refractivity contribution in [1.82, 2.24) is 0 Å². The molecule has 1 unspecified atom stereocenters. The minimum absolute atomic E-state index is 0.198. The van der Waals surface area contributed by atoms with Crippen molar-refractivity contribution < 1.29 is 4.79 Å². The van der Waals surface area contributed by atoms with Gasteiger partial charge in [0.15, 0.2) is 5.78 Å². The van der Waals surface area contributed by atoms with Crippen LogP contribution < -0.4 is 0 Å². The van der Waals surface area contributed by atoms with Gasteiger partial charge in [0.1, 0.15) is 0 Å². The first-order valence-corrected chi connectivity index (χ1v) is 5.61. The molecule has 1 aliphatic rings. The first-order chi connectivity index (χ1) is 7.68. The summed E-state index contributed by atoms with van der Waals surface area (Å²) in [4.78, 5) is 12.1. The molecule has 0 saturated carbocycles. The molecule has 0 amide bonds. The number of benzene rings is 1.